The molecule has 1 amide bonds. The number of carbonyl (C=O) groups excluding carboxylic acids is 1. The fraction of sp³-hybridized carbons (Fsp3) is 0.125. The number of rotatable bonds is 4. The van der Waals surface area contributed by atoms with Gasteiger partial charge in [-0.25, -0.2) is 4.98 Å². The average Bonchev–Trinajstić information content (AvgIpc) is 2.92. The van der Waals surface area contributed by atoms with Gasteiger partial charge in [-0.1, -0.05) is 46.7 Å². The molecule has 2 aromatic carbocycles. The summed E-state index contributed by atoms with van der Waals surface area (Å²) in [5.41, 5.74) is 0.849. The molecule has 1 N–H and O–H groups in total. The van der Waals surface area contributed by atoms with Crippen LogP contribution in [0.5, 0.6) is 5.75 Å². The van der Waals surface area contributed by atoms with E-state index in [2.05, 4.69) is 10.3 Å². The Balaban J connectivity index is 1.69. The maximum Gasteiger partial charge on any atom is 0.266 e. The van der Waals surface area contributed by atoms with E-state index in [-0.39, 0.29) is 5.91 Å². The highest BCUT2D eigenvalue weighted by Gasteiger charge is 2.18. The van der Waals surface area contributed by atoms with Gasteiger partial charge in [-0.2, -0.15) is 0 Å². The van der Waals surface area contributed by atoms with Crippen LogP contribution >= 0.6 is 34.5 Å². The summed E-state index contributed by atoms with van der Waals surface area (Å²) in [5, 5.41) is 4.16. The standard InChI is InChI=1S/C16H12Cl2N2O2S/c1-9(22-13-7-6-10(17)8-11(13)18)15(21)20-16-19-12-4-2-3-5-14(12)23-16/h2-9H,1H3,(H,19,20,21)/t9-/m1/s1. The van der Waals surface area contributed by atoms with E-state index in [1.165, 1.54) is 11.3 Å². The van der Waals surface area contributed by atoms with E-state index >= 15 is 0 Å². The van der Waals surface area contributed by atoms with E-state index < -0.39 is 6.10 Å². The van der Waals surface area contributed by atoms with Gasteiger partial charge >= 0.3 is 0 Å². The van der Waals surface area contributed by atoms with E-state index in [1.807, 2.05) is 24.3 Å². The summed E-state index contributed by atoms with van der Waals surface area (Å²) in [6.45, 7) is 1.65. The molecule has 0 saturated carbocycles. The molecular formula is C16H12Cl2N2O2S. The number of thiazole rings is 1. The molecule has 0 radical (unpaired) electrons. The Morgan fingerprint density at radius 3 is 2.78 bits per heavy atom. The maximum absolute atomic E-state index is 12.2. The Labute approximate surface area is 147 Å². The number of ether oxygens (including phenoxy) is 1. The number of nitrogens with one attached hydrogen (secondary N) is 1. The minimum absolute atomic E-state index is 0.296. The Morgan fingerprint density at radius 2 is 2.04 bits per heavy atom. The first-order chi connectivity index (χ1) is 11.0. The first kappa shape index (κ1) is 16.1. The van der Waals surface area contributed by atoms with Crippen LogP contribution in [-0.4, -0.2) is 17.0 Å². The van der Waals surface area contributed by atoms with Gasteiger partial charge in [-0.3, -0.25) is 10.1 Å². The van der Waals surface area contributed by atoms with Crippen LogP contribution in [0.15, 0.2) is 42.5 Å². The SMILES string of the molecule is C[C@@H](Oc1ccc(Cl)cc1Cl)C(=O)Nc1nc2ccccc2s1. The molecule has 118 valence electrons. The van der Waals surface area contributed by atoms with Crippen LogP contribution in [0.25, 0.3) is 10.2 Å². The lowest BCUT2D eigenvalue weighted by Gasteiger charge is -2.14. The van der Waals surface area contributed by atoms with Crippen molar-refractivity contribution in [3.05, 3.63) is 52.5 Å². The predicted octanol–water partition coefficient (Wildman–Crippen LogP) is 5.01. The quantitative estimate of drug-likeness (QED) is 0.705. The summed E-state index contributed by atoms with van der Waals surface area (Å²) in [4.78, 5) is 16.6. The summed E-state index contributed by atoms with van der Waals surface area (Å²) >= 11 is 13.3. The molecule has 0 aliphatic heterocycles. The van der Waals surface area contributed by atoms with Gasteiger partial charge in [0.15, 0.2) is 11.2 Å². The van der Waals surface area contributed by atoms with Gasteiger partial charge in [-0.15, -0.1) is 0 Å². The normalized spacial score (nSPS) is 12.1. The topological polar surface area (TPSA) is 51.2 Å². The van der Waals surface area contributed by atoms with E-state index in [0.717, 1.165) is 10.2 Å². The highest BCUT2D eigenvalue weighted by Crippen LogP contribution is 2.29. The van der Waals surface area contributed by atoms with Gasteiger partial charge in [0.1, 0.15) is 5.75 Å². The summed E-state index contributed by atoms with van der Waals surface area (Å²) in [6, 6.07) is 12.5. The number of carbonyl (C=O) groups is 1. The fourth-order valence-corrected chi connectivity index (χ4v) is 3.27. The molecule has 0 fully saturated rings. The highest BCUT2D eigenvalue weighted by atomic mass is 35.5. The van der Waals surface area contributed by atoms with Crippen LogP contribution in [0.1, 0.15) is 6.92 Å². The van der Waals surface area contributed by atoms with Gasteiger partial charge in [0.2, 0.25) is 0 Å². The molecule has 0 unspecified atom stereocenters. The Bertz CT molecular complexity index is 833. The van der Waals surface area contributed by atoms with Crippen molar-refractivity contribution in [2.24, 2.45) is 0 Å². The average molecular weight is 367 g/mol. The van der Waals surface area contributed by atoms with Crippen LogP contribution in [0.3, 0.4) is 0 Å². The van der Waals surface area contributed by atoms with Gasteiger partial charge in [-0.05, 0) is 37.3 Å². The number of benzene rings is 2. The number of hydrogen-bond acceptors (Lipinski definition) is 4. The third-order valence-corrected chi connectivity index (χ3v) is 4.57. The molecule has 0 bridgehead atoms. The summed E-state index contributed by atoms with van der Waals surface area (Å²) in [6.07, 6.45) is -0.722. The molecule has 0 spiro atoms. The molecule has 0 aliphatic rings. The smallest absolute Gasteiger partial charge is 0.266 e. The fourth-order valence-electron chi connectivity index (χ4n) is 1.95. The van der Waals surface area contributed by atoms with Crippen LogP contribution in [-0.2, 0) is 4.79 Å². The van der Waals surface area contributed by atoms with Gasteiger partial charge in [0, 0.05) is 5.02 Å². The predicted molar refractivity (Wildman–Crippen MR) is 94.8 cm³/mol. The summed E-state index contributed by atoms with van der Waals surface area (Å²) in [5.74, 6) is 0.109. The van der Waals surface area contributed by atoms with Gasteiger partial charge in [0.25, 0.3) is 5.91 Å². The summed E-state index contributed by atoms with van der Waals surface area (Å²) < 4.78 is 6.59. The Kier molecular flexibility index (Phi) is 4.71. The molecule has 0 saturated heterocycles. The molecule has 3 aromatic rings. The molecule has 23 heavy (non-hydrogen) atoms. The zero-order valence-corrected chi connectivity index (χ0v) is 14.4. The first-order valence-electron chi connectivity index (χ1n) is 6.81. The Hall–Kier alpha value is -1.82. The molecule has 3 rings (SSSR count). The number of fused-ring (bicyclic) bond motifs is 1. The Morgan fingerprint density at radius 1 is 1.26 bits per heavy atom. The lowest BCUT2D eigenvalue weighted by Crippen LogP contribution is -2.30. The second kappa shape index (κ2) is 6.74. The van der Waals surface area contributed by atoms with Crippen LogP contribution in [0.4, 0.5) is 5.13 Å². The minimum Gasteiger partial charge on any atom is -0.479 e. The lowest BCUT2D eigenvalue weighted by atomic mass is 10.3. The van der Waals surface area contributed by atoms with Crippen molar-refractivity contribution >= 4 is 55.8 Å². The largest absolute Gasteiger partial charge is 0.479 e. The van der Waals surface area contributed by atoms with E-state index in [9.17, 15) is 4.79 Å². The van der Waals surface area contributed by atoms with Crippen molar-refractivity contribution in [1.29, 1.82) is 0 Å². The van der Waals surface area contributed by atoms with Crippen molar-refractivity contribution < 1.29 is 9.53 Å². The van der Waals surface area contributed by atoms with E-state index in [0.29, 0.717) is 20.9 Å². The number of amides is 1. The molecule has 4 nitrogen and oxygen atoms in total. The number of halogens is 2. The minimum atomic E-state index is -0.722. The molecule has 1 atom stereocenters. The first-order valence-corrected chi connectivity index (χ1v) is 8.38. The zero-order valence-electron chi connectivity index (χ0n) is 12.0. The number of anilines is 1. The van der Waals surface area contributed by atoms with Gasteiger partial charge < -0.3 is 4.74 Å². The van der Waals surface area contributed by atoms with Gasteiger partial charge in [0.05, 0.1) is 15.2 Å². The molecule has 7 heteroatoms. The van der Waals surface area contributed by atoms with Crippen molar-refractivity contribution in [2.75, 3.05) is 5.32 Å². The summed E-state index contributed by atoms with van der Waals surface area (Å²) in [7, 11) is 0. The number of nitrogens with zero attached hydrogens (tertiary/aromatic N) is 1. The van der Waals surface area contributed by atoms with Crippen LogP contribution in [0.2, 0.25) is 10.0 Å². The van der Waals surface area contributed by atoms with Crippen LogP contribution in [0, 0.1) is 0 Å². The molecule has 1 aromatic heterocycles. The van der Waals surface area contributed by atoms with E-state index in [4.69, 9.17) is 27.9 Å². The number of hydrogen-bond donors (Lipinski definition) is 1. The lowest BCUT2D eigenvalue weighted by molar-refractivity contribution is -0.122. The van der Waals surface area contributed by atoms with Crippen molar-refractivity contribution in [1.82, 2.24) is 4.98 Å². The third-order valence-electron chi connectivity index (χ3n) is 3.09. The number of para-hydroxylation sites is 1. The van der Waals surface area contributed by atoms with Crippen molar-refractivity contribution in [3.63, 3.8) is 0 Å². The zero-order chi connectivity index (χ0) is 16.4. The molecule has 1 heterocycles. The van der Waals surface area contributed by atoms with Crippen molar-refractivity contribution in [3.8, 4) is 5.75 Å². The maximum atomic E-state index is 12.2. The molecular weight excluding hydrogens is 355 g/mol. The van der Waals surface area contributed by atoms with Crippen LogP contribution < -0.4 is 10.1 Å². The highest BCUT2D eigenvalue weighted by molar-refractivity contribution is 7.22. The second-order valence-electron chi connectivity index (χ2n) is 4.81. The number of aromatic nitrogens is 1. The third kappa shape index (κ3) is 3.75. The second-order valence-corrected chi connectivity index (χ2v) is 6.69. The monoisotopic (exact) mass is 366 g/mol. The van der Waals surface area contributed by atoms with Crippen molar-refractivity contribution in [2.45, 2.75) is 13.0 Å². The molecule has 0 aliphatic carbocycles. The van der Waals surface area contributed by atoms with E-state index in [1.54, 1.807) is 25.1 Å².